The highest BCUT2D eigenvalue weighted by Gasteiger charge is 2.27. The molecule has 0 aromatic rings. The molecule has 1 rings (SSSR count). The molecule has 0 aromatic carbocycles. The van der Waals surface area contributed by atoms with Crippen LogP contribution in [-0.2, 0) is 9.47 Å². The maximum atomic E-state index is 5.42. The summed E-state index contributed by atoms with van der Waals surface area (Å²) in [6, 6.07) is 0.578. The summed E-state index contributed by atoms with van der Waals surface area (Å²) >= 11 is 0. The van der Waals surface area contributed by atoms with Gasteiger partial charge in [-0.15, -0.1) is 0 Å². The smallest absolute Gasteiger partial charge is 0.0639 e. The predicted molar refractivity (Wildman–Crippen MR) is 62.1 cm³/mol. The van der Waals surface area contributed by atoms with E-state index >= 15 is 0 Å². The first-order valence-electron chi connectivity index (χ1n) is 5.87. The second kappa shape index (κ2) is 5.83. The van der Waals surface area contributed by atoms with E-state index in [1.165, 1.54) is 19.3 Å². The summed E-state index contributed by atoms with van der Waals surface area (Å²) in [4.78, 5) is 0. The molecule has 2 unspecified atom stereocenters. The van der Waals surface area contributed by atoms with Gasteiger partial charge in [0.05, 0.1) is 12.7 Å². The first-order chi connectivity index (χ1) is 7.07. The zero-order chi connectivity index (χ0) is 11.3. The molecule has 3 heteroatoms. The van der Waals surface area contributed by atoms with Crippen LogP contribution in [-0.4, -0.2) is 38.5 Å². The molecule has 0 spiro atoms. The van der Waals surface area contributed by atoms with E-state index in [4.69, 9.17) is 9.47 Å². The van der Waals surface area contributed by atoms with Crippen molar-refractivity contribution in [3.63, 3.8) is 0 Å². The Hall–Kier alpha value is -0.120. The molecule has 1 aliphatic carbocycles. The Morgan fingerprint density at radius 2 is 2.00 bits per heavy atom. The van der Waals surface area contributed by atoms with Crippen LogP contribution < -0.4 is 5.32 Å². The second-order valence-corrected chi connectivity index (χ2v) is 5.18. The normalized spacial score (nSPS) is 28.0. The van der Waals surface area contributed by atoms with Crippen LogP contribution in [0.1, 0.15) is 39.5 Å². The highest BCUT2D eigenvalue weighted by atomic mass is 16.5. The third kappa shape index (κ3) is 4.49. The van der Waals surface area contributed by atoms with Gasteiger partial charge in [0.25, 0.3) is 0 Å². The molecule has 1 fully saturated rings. The summed E-state index contributed by atoms with van der Waals surface area (Å²) in [6.45, 7) is 5.13. The summed E-state index contributed by atoms with van der Waals surface area (Å²) < 4.78 is 10.6. The van der Waals surface area contributed by atoms with Crippen molar-refractivity contribution in [3.05, 3.63) is 0 Å². The maximum Gasteiger partial charge on any atom is 0.0639 e. The largest absolute Gasteiger partial charge is 0.383 e. The molecule has 2 atom stereocenters. The van der Waals surface area contributed by atoms with Crippen molar-refractivity contribution >= 4 is 0 Å². The van der Waals surface area contributed by atoms with Gasteiger partial charge in [0.2, 0.25) is 0 Å². The monoisotopic (exact) mass is 215 g/mol. The molecule has 0 amide bonds. The predicted octanol–water partition coefficient (Wildman–Crippen LogP) is 1.96. The lowest BCUT2D eigenvalue weighted by atomic mass is 9.91. The lowest BCUT2D eigenvalue weighted by molar-refractivity contribution is 0.0463. The minimum atomic E-state index is 0.0645. The molecule has 0 aromatic heterocycles. The molecule has 0 radical (unpaired) electrons. The van der Waals surface area contributed by atoms with Gasteiger partial charge in [-0.05, 0) is 39.5 Å². The van der Waals surface area contributed by atoms with E-state index in [9.17, 15) is 0 Å². The fraction of sp³-hybridized carbons (Fsp3) is 1.00. The lowest BCUT2D eigenvalue weighted by Crippen LogP contribution is -2.51. The highest BCUT2D eigenvalue weighted by molar-refractivity contribution is 4.86. The van der Waals surface area contributed by atoms with Crippen molar-refractivity contribution in [2.24, 2.45) is 0 Å². The fourth-order valence-electron chi connectivity index (χ4n) is 2.45. The van der Waals surface area contributed by atoms with Gasteiger partial charge in [0.1, 0.15) is 0 Å². The standard InChI is InChI=1S/C12H25NO2/c1-12(2,9-14-3)13-10-6-5-7-11(8-10)15-4/h10-11,13H,5-9H2,1-4H3. The topological polar surface area (TPSA) is 30.5 Å². The molecule has 1 N–H and O–H groups in total. The summed E-state index contributed by atoms with van der Waals surface area (Å²) in [5, 5.41) is 3.66. The first kappa shape index (κ1) is 12.9. The molecule has 0 saturated heterocycles. The number of hydrogen-bond acceptors (Lipinski definition) is 3. The Balaban J connectivity index is 2.36. The van der Waals surface area contributed by atoms with Crippen LogP contribution in [0.2, 0.25) is 0 Å². The molecule has 15 heavy (non-hydrogen) atoms. The van der Waals surface area contributed by atoms with Gasteiger partial charge in [0.15, 0.2) is 0 Å². The summed E-state index contributed by atoms with van der Waals surface area (Å²) in [5.41, 5.74) is 0.0645. The van der Waals surface area contributed by atoms with Crippen molar-refractivity contribution in [2.45, 2.75) is 57.2 Å². The molecule has 90 valence electrons. The molecular formula is C12H25NO2. The van der Waals surface area contributed by atoms with Gasteiger partial charge < -0.3 is 14.8 Å². The van der Waals surface area contributed by atoms with E-state index in [1.807, 2.05) is 7.11 Å². The zero-order valence-electron chi connectivity index (χ0n) is 10.5. The average molecular weight is 215 g/mol. The molecule has 3 nitrogen and oxygen atoms in total. The van der Waals surface area contributed by atoms with Gasteiger partial charge in [-0.1, -0.05) is 0 Å². The Morgan fingerprint density at radius 1 is 1.27 bits per heavy atom. The Bertz CT molecular complexity index is 182. The molecule has 1 saturated carbocycles. The quantitative estimate of drug-likeness (QED) is 0.760. The van der Waals surface area contributed by atoms with Crippen LogP contribution >= 0.6 is 0 Å². The van der Waals surface area contributed by atoms with Crippen molar-refractivity contribution in [1.82, 2.24) is 5.32 Å². The zero-order valence-corrected chi connectivity index (χ0v) is 10.5. The van der Waals surface area contributed by atoms with Crippen LogP contribution in [0.5, 0.6) is 0 Å². The average Bonchev–Trinajstić information content (AvgIpc) is 2.17. The first-order valence-corrected chi connectivity index (χ1v) is 5.87. The van der Waals surface area contributed by atoms with Crippen molar-refractivity contribution < 1.29 is 9.47 Å². The van der Waals surface area contributed by atoms with Gasteiger partial charge in [0, 0.05) is 25.8 Å². The third-order valence-electron chi connectivity index (χ3n) is 3.06. The summed E-state index contributed by atoms with van der Waals surface area (Å²) in [5.74, 6) is 0. The van der Waals surface area contributed by atoms with Crippen LogP contribution in [0.25, 0.3) is 0 Å². The number of hydrogen-bond donors (Lipinski definition) is 1. The van der Waals surface area contributed by atoms with E-state index in [1.54, 1.807) is 7.11 Å². The highest BCUT2D eigenvalue weighted by Crippen LogP contribution is 2.22. The van der Waals surface area contributed by atoms with E-state index in [-0.39, 0.29) is 5.54 Å². The van der Waals surface area contributed by atoms with Crippen LogP contribution in [0.15, 0.2) is 0 Å². The van der Waals surface area contributed by atoms with Gasteiger partial charge in [-0.2, -0.15) is 0 Å². The third-order valence-corrected chi connectivity index (χ3v) is 3.06. The Labute approximate surface area is 93.5 Å². The summed E-state index contributed by atoms with van der Waals surface area (Å²) in [7, 11) is 3.57. The van der Waals surface area contributed by atoms with Gasteiger partial charge in [-0.25, -0.2) is 0 Å². The minimum Gasteiger partial charge on any atom is -0.383 e. The van der Waals surface area contributed by atoms with Crippen molar-refractivity contribution in [1.29, 1.82) is 0 Å². The second-order valence-electron chi connectivity index (χ2n) is 5.18. The van der Waals surface area contributed by atoms with E-state index in [0.717, 1.165) is 13.0 Å². The molecule has 0 bridgehead atoms. The lowest BCUT2D eigenvalue weighted by Gasteiger charge is -2.35. The maximum absolute atomic E-state index is 5.42. The SMILES string of the molecule is COCC(C)(C)NC1CCCC(OC)C1. The summed E-state index contributed by atoms with van der Waals surface area (Å²) in [6.07, 6.45) is 5.30. The number of rotatable bonds is 5. The molecule has 1 aliphatic rings. The molecule has 0 heterocycles. The Morgan fingerprint density at radius 3 is 2.60 bits per heavy atom. The van der Waals surface area contributed by atoms with Crippen LogP contribution in [0, 0.1) is 0 Å². The fourth-order valence-corrected chi connectivity index (χ4v) is 2.45. The molecule has 0 aliphatic heterocycles. The van der Waals surface area contributed by atoms with Crippen LogP contribution in [0.4, 0.5) is 0 Å². The van der Waals surface area contributed by atoms with E-state index in [0.29, 0.717) is 12.1 Å². The molecular weight excluding hydrogens is 190 g/mol. The number of ether oxygens (including phenoxy) is 2. The van der Waals surface area contributed by atoms with Crippen molar-refractivity contribution in [2.75, 3.05) is 20.8 Å². The van der Waals surface area contributed by atoms with E-state index < -0.39 is 0 Å². The minimum absolute atomic E-state index is 0.0645. The van der Waals surface area contributed by atoms with Gasteiger partial charge >= 0.3 is 0 Å². The van der Waals surface area contributed by atoms with E-state index in [2.05, 4.69) is 19.2 Å². The van der Waals surface area contributed by atoms with Gasteiger partial charge in [-0.3, -0.25) is 0 Å². The number of nitrogens with one attached hydrogen (secondary N) is 1. The van der Waals surface area contributed by atoms with Crippen LogP contribution in [0.3, 0.4) is 0 Å². The van der Waals surface area contributed by atoms with Crippen molar-refractivity contribution in [3.8, 4) is 0 Å². The Kier molecular flexibility index (Phi) is 5.03. The number of methoxy groups -OCH3 is 2.